The zero-order chi connectivity index (χ0) is 10.5. The van der Waals surface area contributed by atoms with Gasteiger partial charge in [0.1, 0.15) is 0 Å². The highest BCUT2D eigenvalue weighted by Gasteiger charge is 2.12. The van der Waals surface area contributed by atoms with Crippen molar-refractivity contribution in [2.75, 3.05) is 0 Å². The minimum absolute atomic E-state index is 1.25. The molecule has 0 heteroatoms. The van der Waals surface area contributed by atoms with Crippen LogP contribution in [0.5, 0.6) is 0 Å². The lowest BCUT2D eigenvalue weighted by Crippen LogP contribution is -1.82. The Balaban J connectivity index is 2.38. The van der Waals surface area contributed by atoms with Gasteiger partial charge in [-0.15, -0.1) is 0 Å². The van der Waals surface area contributed by atoms with E-state index in [1.807, 2.05) is 0 Å². The molecule has 0 aliphatic heterocycles. The summed E-state index contributed by atoms with van der Waals surface area (Å²) in [7, 11) is 0. The first kappa shape index (κ1) is 8.12. The molecule has 0 unspecified atom stereocenters. The summed E-state index contributed by atoms with van der Waals surface area (Å²) in [6.45, 7) is 0. The van der Waals surface area contributed by atoms with Gasteiger partial charge in [0.05, 0.1) is 0 Å². The lowest BCUT2D eigenvalue weighted by Gasteiger charge is -2.06. The van der Waals surface area contributed by atoms with Crippen molar-refractivity contribution >= 4 is 27.6 Å². The molecule has 0 saturated heterocycles. The van der Waals surface area contributed by atoms with Gasteiger partial charge >= 0.3 is 0 Å². The topological polar surface area (TPSA) is 0 Å². The van der Waals surface area contributed by atoms with Crippen molar-refractivity contribution in [3.8, 4) is 0 Å². The molecule has 1 aliphatic carbocycles. The lowest BCUT2D eigenvalue weighted by atomic mass is 9.98. The van der Waals surface area contributed by atoms with Crippen molar-refractivity contribution in [1.82, 2.24) is 0 Å². The second-order valence-electron chi connectivity index (χ2n) is 4.21. The van der Waals surface area contributed by atoms with Crippen LogP contribution in [0.1, 0.15) is 11.1 Å². The molecule has 73 valence electrons. The summed E-state index contributed by atoms with van der Waals surface area (Å²) in [6, 6.07) is 17.2. The molecule has 0 amide bonds. The van der Waals surface area contributed by atoms with Gasteiger partial charge in [-0.3, -0.25) is 0 Å². The molecular weight excluding hydrogens is 192 g/mol. The fourth-order valence-corrected chi connectivity index (χ4v) is 2.57. The molecule has 0 atom stereocenters. The van der Waals surface area contributed by atoms with Crippen molar-refractivity contribution < 1.29 is 0 Å². The Morgan fingerprint density at radius 2 is 1.69 bits per heavy atom. The van der Waals surface area contributed by atoms with Gasteiger partial charge in [-0.25, -0.2) is 0 Å². The molecular formula is C16H9. The zero-order valence-electron chi connectivity index (χ0n) is 8.70. The summed E-state index contributed by atoms with van der Waals surface area (Å²) in [6.07, 6.45) is 5.48. The van der Waals surface area contributed by atoms with Crippen LogP contribution >= 0.6 is 0 Å². The van der Waals surface area contributed by atoms with E-state index in [1.54, 1.807) is 0 Å². The van der Waals surface area contributed by atoms with E-state index in [2.05, 4.69) is 60.7 Å². The molecule has 0 heterocycles. The van der Waals surface area contributed by atoms with Gasteiger partial charge in [0.2, 0.25) is 0 Å². The second kappa shape index (κ2) is 2.73. The van der Waals surface area contributed by atoms with Crippen LogP contribution in [-0.4, -0.2) is 0 Å². The monoisotopic (exact) mass is 201 g/mol. The summed E-state index contributed by atoms with van der Waals surface area (Å²) < 4.78 is 0. The fourth-order valence-electron chi connectivity index (χ4n) is 2.57. The van der Waals surface area contributed by atoms with Crippen LogP contribution in [-0.2, 0) is 0 Å². The van der Waals surface area contributed by atoms with E-state index < -0.39 is 0 Å². The predicted octanol–water partition coefficient (Wildman–Crippen LogP) is 4.17. The molecule has 3 aromatic rings. The zero-order valence-corrected chi connectivity index (χ0v) is 8.70. The second-order valence-corrected chi connectivity index (χ2v) is 4.21. The quantitative estimate of drug-likeness (QED) is 0.374. The van der Waals surface area contributed by atoms with E-state index in [4.69, 9.17) is 0 Å². The first-order chi connectivity index (χ1) is 7.93. The largest absolute Gasteiger partial charge is 0.0616 e. The maximum atomic E-state index is 3.39. The van der Waals surface area contributed by atoms with E-state index in [9.17, 15) is 0 Å². The maximum absolute atomic E-state index is 3.39. The Labute approximate surface area is 93.8 Å². The van der Waals surface area contributed by atoms with Crippen LogP contribution in [0.4, 0.5) is 0 Å². The number of hydrogen-bond acceptors (Lipinski definition) is 0. The molecule has 0 N–H and O–H groups in total. The minimum Gasteiger partial charge on any atom is -0.0616 e. The third kappa shape index (κ3) is 0.892. The molecule has 0 nitrogen and oxygen atoms in total. The van der Waals surface area contributed by atoms with Crippen molar-refractivity contribution in [3.05, 3.63) is 65.7 Å². The lowest BCUT2D eigenvalue weighted by molar-refractivity contribution is 1.72. The highest BCUT2D eigenvalue weighted by Crippen LogP contribution is 2.35. The van der Waals surface area contributed by atoms with Gasteiger partial charge in [0.15, 0.2) is 0 Å². The van der Waals surface area contributed by atoms with Crippen molar-refractivity contribution in [1.29, 1.82) is 0 Å². The summed E-state index contributed by atoms with van der Waals surface area (Å²) in [5, 5.41) is 5.26. The number of benzene rings is 3. The number of rotatable bonds is 0. The maximum Gasteiger partial charge on any atom is -0.00143 e. The normalized spacial score (nSPS) is 12.8. The Morgan fingerprint density at radius 1 is 0.812 bits per heavy atom. The van der Waals surface area contributed by atoms with Crippen molar-refractivity contribution in [2.24, 2.45) is 0 Å². The van der Waals surface area contributed by atoms with E-state index in [0.29, 0.717) is 0 Å². The molecule has 0 saturated carbocycles. The summed E-state index contributed by atoms with van der Waals surface area (Å²) in [5.41, 5.74) is 2.54. The molecule has 0 fully saturated rings. The molecule has 1 radical (unpaired) electrons. The van der Waals surface area contributed by atoms with Gasteiger partial charge in [0.25, 0.3) is 0 Å². The van der Waals surface area contributed by atoms with Gasteiger partial charge in [-0.05, 0) is 50.9 Å². The fraction of sp³-hybridized carbons (Fsp3) is 0. The molecule has 0 bridgehead atoms. The molecule has 1 aliphatic rings. The first-order valence-corrected chi connectivity index (χ1v) is 5.48. The Morgan fingerprint density at radius 3 is 2.69 bits per heavy atom. The van der Waals surface area contributed by atoms with Gasteiger partial charge in [-0.2, -0.15) is 0 Å². The standard InChI is InChI=1S/C16H9/c1-2-7-14-12(4-1)10-13-6-3-5-11-8-9-15(14)16(11)13/h1-8,10H. The SMILES string of the molecule is [C]1=Cc2cccc3cc4ccccc4c1c23. The van der Waals surface area contributed by atoms with Gasteiger partial charge < -0.3 is 0 Å². The third-order valence-electron chi connectivity index (χ3n) is 3.29. The smallest absolute Gasteiger partial charge is 0.00143 e. The Bertz CT molecular complexity index is 748. The highest BCUT2D eigenvalue weighted by molar-refractivity contribution is 6.08. The van der Waals surface area contributed by atoms with Crippen LogP contribution in [0.15, 0.2) is 48.5 Å². The average molecular weight is 201 g/mol. The Hall–Kier alpha value is -2.08. The van der Waals surface area contributed by atoms with E-state index in [0.717, 1.165) is 0 Å². The van der Waals surface area contributed by atoms with Crippen molar-refractivity contribution in [2.45, 2.75) is 0 Å². The first-order valence-electron chi connectivity index (χ1n) is 5.48. The van der Waals surface area contributed by atoms with Gasteiger partial charge in [-0.1, -0.05) is 42.5 Å². The molecule has 3 aromatic carbocycles. The van der Waals surface area contributed by atoms with E-state index in [1.165, 1.54) is 32.7 Å². The number of fused-ring (bicyclic) bond motifs is 2. The molecule has 0 aromatic heterocycles. The van der Waals surface area contributed by atoms with Crippen LogP contribution in [0.3, 0.4) is 0 Å². The summed E-state index contributed by atoms with van der Waals surface area (Å²) in [4.78, 5) is 0. The summed E-state index contributed by atoms with van der Waals surface area (Å²) in [5.74, 6) is 0. The number of hydrogen-bond donors (Lipinski definition) is 0. The molecule has 0 spiro atoms. The average Bonchev–Trinajstić information content (AvgIpc) is 2.76. The Kier molecular flexibility index (Phi) is 1.39. The predicted molar refractivity (Wildman–Crippen MR) is 68.3 cm³/mol. The summed E-state index contributed by atoms with van der Waals surface area (Å²) >= 11 is 0. The highest BCUT2D eigenvalue weighted by atomic mass is 14.1. The van der Waals surface area contributed by atoms with Crippen molar-refractivity contribution in [3.63, 3.8) is 0 Å². The third-order valence-corrected chi connectivity index (χ3v) is 3.29. The van der Waals surface area contributed by atoms with Crippen LogP contribution in [0, 0.1) is 6.08 Å². The van der Waals surface area contributed by atoms with E-state index >= 15 is 0 Å². The van der Waals surface area contributed by atoms with Crippen LogP contribution in [0.25, 0.3) is 27.6 Å². The minimum atomic E-state index is 1.25. The van der Waals surface area contributed by atoms with Gasteiger partial charge in [0, 0.05) is 0 Å². The molecule has 16 heavy (non-hydrogen) atoms. The van der Waals surface area contributed by atoms with Crippen LogP contribution < -0.4 is 0 Å². The van der Waals surface area contributed by atoms with E-state index in [-0.39, 0.29) is 0 Å². The molecule has 4 rings (SSSR count). The van der Waals surface area contributed by atoms with Crippen LogP contribution in [0.2, 0.25) is 0 Å².